The van der Waals surface area contributed by atoms with Crippen LogP contribution in [0.4, 0.5) is 10.2 Å². The molecule has 0 fully saturated rings. The lowest BCUT2D eigenvalue weighted by molar-refractivity contribution is 0.102. The van der Waals surface area contributed by atoms with Crippen LogP contribution in [-0.4, -0.2) is 15.7 Å². The molecule has 0 spiro atoms. The van der Waals surface area contributed by atoms with Crippen LogP contribution in [0.25, 0.3) is 0 Å². The van der Waals surface area contributed by atoms with Crippen LogP contribution in [0.15, 0.2) is 54.7 Å². The highest BCUT2D eigenvalue weighted by Gasteiger charge is 2.12. The van der Waals surface area contributed by atoms with Gasteiger partial charge in [0, 0.05) is 28.4 Å². The Hall–Kier alpha value is -2.66. The lowest BCUT2D eigenvalue weighted by Crippen LogP contribution is -2.14. The number of nitrogens with zero attached hydrogens (tertiary/aromatic N) is 2. The summed E-state index contributed by atoms with van der Waals surface area (Å²) >= 11 is 6.02. The summed E-state index contributed by atoms with van der Waals surface area (Å²) in [7, 11) is 0. The summed E-state index contributed by atoms with van der Waals surface area (Å²) in [5, 5.41) is 7.32. The van der Waals surface area contributed by atoms with E-state index in [0.29, 0.717) is 22.0 Å². The minimum absolute atomic E-state index is 0.186. The second-order valence-electron chi connectivity index (χ2n) is 5.37. The Labute approximate surface area is 143 Å². The van der Waals surface area contributed by atoms with Gasteiger partial charge in [0.05, 0.1) is 6.54 Å². The summed E-state index contributed by atoms with van der Waals surface area (Å²) in [6.45, 7) is 2.05. The monoisotopic (exact) mass is 343 g/mol. The number of aromatic nitrogens is 2. The van der Waals surface area contributed by atoms with E-state index >= 15 is 0 Å². The molecule has 0 aliphatic heterocycles. The summed E-state index contributed by atoms with van der Waals surface area (Å²) < 4.78 is 15.3. The molecule has 0 saturated carbocycles. The molecule has 0 atom stereocenters. The molecule has 2 aromatic carbocycles. The number of rotatable bonds is 4. The van der Waals surface area contributed by atoms with Gasteiger partial charge in [0.15, 0.2) is 5.82 Å². The Kier molecular flexibility index (Phi) is 4.62. The third-order valence-corrected chi connectivity index (χ3v) is 4.01. The van der Waals surface area contributed by atoms with Crippen LogP contribution in [-0.2, 0) is 6.54 Å². The maximum absolute atomic E-state index is 13.8. The number of hydrogen-bond acceptors (Lipinski definition) is 2. The van der Waals surface area contributed by atoms with Gasteiger partial charge in [0.1, 0.15) is 5.82 Å². The van der Waals surface area contributed by atoms with Crippen molar-refractivity contribution in [2.24, 2.45) is 0 Å². The Morgan fingerprint density at radius 1 is 1.21 bits per heavy atom. The largest absolute Gasteiger partial charge is 0.305 e. The Morgan fingerprint density at radius 3 is 2.75 bits per heavy atom. The molecule has 4 nitrogen and oxygen atoms in total. The normalized spacial score (nSPS) is 10.6. The number of amides is 1. The van der Waals surface area contributed by atoms with Crippen LogP contribution in [0.5, 0.6) is 0 Å². The number of aryl methyl sites for hydroxylation is 1. The number of benzene rings is 2. The second-order valence-corrected chi connectivity index (χ2v) is 5.78. The van der Waals surface area contributed by atoms with E-state index in [1.54, 1.807) is 36.5 Å². The van der Waals surface area contributed by atoms with E-state index < -0.39 is 0 Å². The Balaban J connectivity index is 1.74. The third-order valence-electron chi connectivity index (χ3n) is 3.65. The maximum atomic E-state index is 13.8. The topological polar surface area (TPSA) is 46.9 Å². The van der Waals surface area contributed by atoms with Crippen LogP contribution in [0.3, 0.4) is 0 Å². The number of halogens is 2. The predicted octanol–water partition coefficient (Wildman–Crippen LogP) is 4.28. The zero-order valence-corrected chi connectivity index (χ0v) is 13.7. The average Bonchev–Trinajstić information content (AvgIpc) is 2.98. The zero-order chi connectivity index (χ0) is 17.1. The summed E-state index contributed by atoms with van der Waals surface area (Å²) in [5.74, 6) is -0.221. The summed E-state index contributed by atoms with van der Waals surface area (Å²) in [6, 6.07) is 13.5. The van der Waals surface area contributed by atoms with Gasteiger partial charge in [-0.3, -0.25) is 9.48 Å². The van der Waals surface area contributed by atoms with E-state index in [1.807, 2.05) is 19.1 Å². The van der Waals surface area contributed by atoms with E-state index in [1.165, 1.54) is 10.7 Å². The first kappa shape index (κ1) is 16.2. The van der Waals surface area contributed by atoms with Crippen LogP contribution >= 0.6 is 11.6 Å². The van der Waals surface area contributed by atoms with E-state index in [2.05, 4.69) is 10.4 Å². The highest BCUT2D eigenvalue weighted by molar-refractivity contribution is 6.31. The number of nitrogens with one attached hydrogen (secondary N) is 1. The minimum Gasteiger partial charge on any atom is -0.305 e. The molecule has 122 valence electrons. The van der Waals surface area contributed by atoms with Gasteiger partial charge in [-0.05, 0) is 30.7 Å². The van der Waals surface area contributed by atoms with Gasteiger partial charge in [0.25, 0.3) is 5.91 Å². The van der Waals surface area contributed by atoms with Crippen molar-refractivity contribution >= 4 is 23.3 Å². The lowest BCUT2D eigenvalue weighted by Gasteiger charge is -2.07. The fourth-order valence-electron chi connectivity index (χ4n) is 2.37. The molecule has 1 amide bonds. The first-order valence-corrected chi connectivity index (χ1v) is 7.76. The van der Waals surface area contributed by atoms with E-state index in [9.17, 15) is 9.18 Å². The van der Waals surface area contributed by atoms with Gasteiger partial charge in [-0.2, -0.15) is 5.10 Å². The van der Waals surface area contributed by atoms with E-state index in [-0.39, 0.29) is 18.3 Å². The molecular formula is C18H15ClFN3O. The minimum atomic E-state index is -0.386. The standard InChI is InChI=1S/C18H15ClFN3O/c1-12-5-2-3-6-13(12)18(24)21-17-9-10-23(22-17)11-14-15(19)7-4-8-16(14)20/h2-10H,11H2,1H3,(H,21,22,24). The molecule has 1 aromatic heterocycles. The number of carbonyl (C=O) groups is 1. The molecule has 0 bridgehead atoms. The van der Waals surface area contributed by atoms with E-state index in [4.69, 9.17) is 11.6 Å². The molecule has 1 N–H and O–H groups in total. The van der Waals surface area contributed by atoms with Gasteiger partial charge < -0.3 is 5.32 Å². The van der Waals surface area contributed by atoms with Crippen molar-refractivity contribution in [2.45, 2.75) is 13.5 Å². The third kappa shape index (κ3) is 3.46. The molecule has 0 aliphatic carbocycles. The van der Waals surface area contributed by atoms with Crippen LogP contribution in [0.1, 0.15) is 21.5 Å². The van der Waals surface area contributed by atoms with E-state index in [0.717, 1.165) is 5.56 Å². The van der Waals surface area contributed by atoms with Crippen molar-refractivity contribution in [2.75, 3.05) is 5.32 Å². The van der Waals surface area contributed by atoms with Gasteiger partial charge >= 0.3 is 0 Å². The van der Waals surface area contributed by atoms with Crippen molar-refractivity contribution in [1.82, 2.24) is 9.78 Å². The summed E-state index contributed by atoms with van der Waals surface area (Å²) in [5.41, 5.74) is 1.83. The number of anilines is 1. The second kappa shape index (κ2) is 6.84. The summed E-state index contributed by atoms with van der Waals surface area (Å²) in [6.07, 6.45) is 1.66. The molecular weight excluding hydrogens is 329 g/mol. The molecule has 6 heteroatoms. The highest BCUT2D eigenvalue weighted by Crippen LogP contribution is 2.20. The Morgan fingerprint density at radius 2 is 2.00 bits per heavy atom. The summed E-state index contributed by atoms with van der Waals surface area (Å²) in [4.78, 5) is 12.3. The van der Waals surface area contributed by atoms with Gasteiger partial charge in [-0.15, -0.1) is 0 Å². The molecule has 0 radical (unpaired) electrons. The molecule has 3 aromatic rings. The van der Waals surface area contributed by atoms with Crippen molar-refractivity contribution < 1.29 is 9.18 Å². The zero-order valence-electron chi connectivity index (χ0n) is 13.0. The quantitative estimate of drug-likeness (QED) is 0.768. The molecule has 0 aliphatic rings. The average molecular weight is 344 g/mol. The van der Waals surface area contributed by atoms with Crippen molar-refractivity contribution in [1.29, 1.82) is 0 Å². The molecule has 0 unspecified atom stereocenters. The van der Waals surface area contributed by atoms with Gasteiger partial charge in [-0.25, -0.2) is 4.39 Å². The predicted molar refractivity (Wildman–Crippen MR) is 91.9 cm³/mol. The SMILES string of the molecule is Cc1ccccc1C(=O)Nc1ccn(Cc2c(F)cccc2Cl)n1. The molecule has 24 heavy (non-hydrogen) atoms. The molecule has 1 heterocycles. The highest BCUT2D eigenvalue weighted by atomic mass is 35.5. The first-order chi connectivity index (χ1) is 11.5. The molecule has 0 saturated heterocycles. The van der Waals surface area contributed by atoms with Crippen LogP contribution < -0.4 is 5.32 Å². The molecule has 3 rings (SSSR count). The van der Waals surface area contributed by atoms with Crippen molar-refractivity contribution in [3.05, 3.63) is 82.3 Å². The lowest BCUT2D eigenvalue weighted by atomic mass is 10.1. The van der Waals surface area contributed by atoms with Gasteiger partial charge in [-0.1, -0.05) is 35.9 Å². The van der Waals surface area contributed by atoms with Crippen LogP contribution in [0, 0.1) is 12.7 Å². The number of hydrogen-bond donors (Lipinski definition) is 1. The van der Waals surface area contributed by atoms with Crippen LogP contribution in [0.2, 0.25) is 5.02 Å². The maximum Gasteiger partial charge on any atom is 0.257 e. The van der Waals surface area contributed by atoms with Crippen molar-refractivity contribution in [3.8, 4) is 0 Å². The van der Waals surface area contributed by atoms with Gasteiger partial charge in [0.2, 0.25) is 0 Å². The smallest absolute Gasteiger partial charge is 0.257 e. The van der Waals surface area contributed by atoms with Crippen molar-refractivity contribution in [3.63, 3.8) is 0 Å². The Bertz CT molecular complexity index is 871. The fourth-order valence-corrected chi connectivity index (χ4v) is 2.60. The fraction of sp³-hybridized carbons (Fsp3) is 0.111. The first-order valence-electron chi connectivity index (χ1n) is 7.38. The number of carbonyl (C=O) groups excluding carboxylic acids is 1.